The zero-order chi connectivity index (χ0) is 25.3. The van der Waals surface area contributed by atoms with Crippen LogP contribution in [0.4, 0.5) is 0 Å². The number of likely N-dealkylation sites (tertiary alicyclic amines) is 2. The van der Waals surface area contributed by atoms with Crippen molar-refractivity contribution in [2.75, 3.05) is 46.7 Å². The average molecular weight is 504 g/mol. The molecule has 0 spiro atoms. The second-order valence-corrected chi connectivity index (χ2v) is 10.5. The van der Waals surface area contributed by atoms with Crippen molar-refractivity contribution < 1.29 is 22.1 Å². The summed E-state index contributed by atoms with van der Waals surface area (Å²) in [5.74, 6) is 1.65. The molecule has 0 aromatic carbocycles. The lowest BCUT2D eigenvalue weighted by atomic mass is 10.1. The van der Waals surface area contributed by atoms with Crippen molar-refractivity contribution in [3.8, 4) is 17.6 Å². The molecule has 0 bridgehead atoms. The Kier molecular flexibility index (Phi) is 9.80. The predicted molar refractivity (Wildman–Crippen MR) is 130 cm³/mol. The number of nitrogens with zero attached hydrogens (tertiary/aromatic N) is 5. The van der Waals surface area contributed by atoms with Gasteiger partial charge in [-0.2, -0.15) is 13.7 Å². The van der Waals surface area contributed by atoms with Gasteiger partial charge in [0, 0.05) is 37.6 Å². The number of hydrogen-bond donors (Lipinski definition) is 0. The Morgan fingerprint density at radius 2 is 1.51 bits per heavy atom. The van der Waals surface area contributed by atoms with Crippen LogP contribution in [0.3, 0.4) is 0 Å². The van der Waals surface area contributed by atoms with E-state index in [9.17, 15) is 8.42 Å². The van der Waals surface area contributed by atoms with Gasteiger partial charge in [0.2, 0.25) is 0 Å². The van der Waals surface area contributed by atoms with Crippen LogP contribution in [-0.4, -0.2) is 93.0 Å². The van der Waals surface area contributed by atoms with Gasteiger partial charge in [0.15, 0.2) is 0 Å². The second kappa shape index (κ2) is 12.8. The van der Waals surface area contributed by atoms with Crippen LogP contribution in [0.25, 0.3) is 0 Å². The maximum absolute atomic E-state index is 11.1. The van der Waals surface area contributed by atoms with Crippen molar-refractivity contribution in [1.82, 2.24) is 19.8 Å². The number of hydrogen-bond acceptors (Lipinski definition) is 10. The van der Waals surface area contributed by atoms with Crippen LogP contribution >= 0.6 is 0 Å². The summed E-state index contributed by atoms with van der Waals surface area (Å²) in [6, 6.07) is 10.2. The van der Waals surface area contributed by atoms with Crippen LogP contribution in [0, 0.1) is 17.2 Å². The highest BCUT2D eigenvalue weighted by atomic mass is 32.2. The van der Waals surface area contributed by atoms with Crippen molar-refractivity contribution in [2.24, 2.45) is 5.92 Å². The molecule has 2 aliphatic rings. The summed E-state index contributed by atoms with van der Waals surface area (Å²) < 4.78 is 38.5. The van der Waals surface area contributed by atoms with E-state index in [0.29, 0.717) is 38.0 Å². The van der Waals surface area contributed by atoms with E-state index in [0.717, 1.165) is 25.0 Å². The van der Waals surface area contributed by atoms with Crippen molar-refractivity contribution in [3.63, 3.8) is 0 Å². The van der Waals surface area contributed by atoms with Gasteiger partial charge in [0.05, 0.1) is 36.7 Å². The smallest absolute Gasteiger partial charge is 0.264 e. The second-order valence-electron chi connectivity index (χ2n) is 8.91. The lowest BCUT2D eigenvalue weighted by molar-refractivity contribution is 0.197. The maximum Gasteiger partial charge on any atom is 0.264 e. The molecule has 0 N–H and O–H groups in total. The molecule has 190 valence electrons. The Morgan fingerprint density at radius 3 is 1.97 bits per heavy atom. The van der Waals surface area contributed by atoms with Crippen molar-refractivity contribution in [3.05, 3.63) is 49.1 Å². The van der Waals surface area contributed by atoms with Gasteiger partial charge in [-0.05, 0) is 51.2 Å². The third kappa shape index (κ3) is 9.07. The Morgan fingerprint density at radius 1 is 0.971 bits per heavy atom. The number of ether oxygens (including phenoxy) is 2. The Hall–Kier alpha value is -2.78. The standard InChI is InChI=1S/C12H15N3O.C12H18N2O4S/c1-15-8-10(6-13)5-11(15)9-16-12-3-2-4-14-7-12;1-14-8-12(18-19(2,15)16)6-10(14)9-17-11-4-3-5-13-7-11/h2-4,7,10-11H,5,8-9H2,1H3;3-5,7,10,12H,6,8-9H2,1-2H3/t10-,11+;10-,12+/m10/s1. The molecule has 0 radical (unpaired) electrons. The minimum Gasteiger partial charge on any atom is -0.490 e. The van der Waals surface area contributed by atoms with Crippen molar-refractivity contribution >= 4 is 10.1 Å². The van der Waals surface area contributed by atoms with Gasteiger partial charge in [0.25, 0.3) is 10.1 Å². The summed E-state index contributed by atoms with van der Waals surface area (Å²) in [6.07, 6.45) is 9.09. The summed E-state index contributed by atoms with van der Waals surface area (Å²) in [5.41, 5.74) is 0. The molecule has 2 aliphatic heterocycles. The number of nitriles is 1. The highest BCUT2D eigenvalue weighted by molar-refractivity contribution is 7.86. The fourth-order valence-electron chi connectivity index (χ4n) is 4.16. The number of aromatic nitrogens is 2. The van der Waals surface area contributed by atoms with Crippen LogP contribution in [-0.2, 0) is 14.3 Å². The zero-order valence-electron chi connectivity index (χ0n) is 20.4. The van der Waals surface area contributed by atoms with E-state index in [1.54, 1.807) is 24.8 Å². The molecule has 0 saturated carbocycles. The number of rotatable bonds is 8. The largest absolute Gasteiger partial charge is 0.490 e. The van der Waals surface area contributed by atoms with Gasteiger partial charge in [0.1, 0.15) is 24.7 Å². The van der Waals surface area contributed by atoms with Crippen LogP contribution < -0.4 is 9.47 Å². The molecule has 0 unspecified atom stereocenters. The molecule has 4 rings (SSSR count). The first-order valence-corrected chi connectivity index (χ1v) is 13.3. The van der Waals surface area contributed by atoms with Crippen LogP contribution in [0.2, 0.25) is 0 Å². The molecule has 0 amide bonds. The fourth-order valence-corrected chi connectivity index (χ4v) is 4.79. The van der Waals surface area contributed by atoms with Crippen molar-refractivity contribution in [1.29, 1.82) is 5.26 Å². The van der Waals surface area contributed by atoms with Crippen LogP contribution in [0.15, 0.2) is 49.1 Å². The molecule has 4 heterocycles. The molecule has 11 heteroatoms. The maximum atomic E-state index is 11.1. The van der Waals surface area contributed by atoms with E-state index in [-0.39, 0.29) is 18.1 Å². The molecule has 4 atom stereocenters. The van der Waals surface area contributed by atoms with Gasteiger partial charge in [-0.1, -0.05) is 0 Å². The average Bonchev–Trinajstić information content (AvgIpc) is 3.37. The summed E-state index contributed by atoms with van der Waals surface area (Å²) in [5, 5.41) is 8.86. The van der Waals surface area contributed by atoms with Gasteiger partial charge < -0.3 is 9.47 Å². The quantitative estimate of drug-likeness (QED) is 0.494. The Balaban J connectivity index is 0.000000198. The molecular formula is C24H33N5O5S. The SMILES string of the molecule is CN1C[C@@H](C#N)C[C@H]1COc1cccnc1.CN1C[C@H](OS(C)(=O)=O)C[C@H]1COc1cccnc1. The Bertz CT molecular complexity index is 1050. The number of likely N-dealkylation sites (N-methyl/N-ethyl adjacent to an activating group) is 2. The van der Waals surface area contributed by atoms with E-state index in [1.165, 1.54) is 0 Å². The van der Waals surface area contributed by atoms with E-state index in [2.05, 4.69) is 20.9 Å². The molecule has 0 aliphatic carbocycles. The summed E-state index contributed by atoms with van der Waals surface area (Å²) in [6.45, 7) is 2.55. The van der Waals surface area contributed by atoms with Crippen LogP contribution in [0.5, 0.6) is 11.5 Å². The topological polar surface area (TPSA) is 118 Å². The van der Waals surface area contributed by atoms with Gasteiger partial charge in [-0.25, -0.2) is 0 Å². The van der Waals surface area contributed by atoms with E-state index >= 15 is 0 Å². The first-order chi connectivity index (χ1) is 16.7. The molecule has 2 aromatic rings. The minimum absolute atomic E-state index is 0.145. The zero-order valence-corrected chi connectivity index (χ0v) is 21.2. The first kappa shape index (κ1) is 26.8. The lowest BCUT2D eigenvalue weighted by Gasteiger charge is -2.19. The summed E-state index contributed by atoms with van der Waals surface area (Å²) in [4.78, 5) is 12.2. The minimum atomic E-state index is -3.40. The number of pyridine rings is 2. The molecule has 10 nitrogen and oxygen atoms in total. The summed E-state index contributed by atoms with van der Waals surface area (Å²) >= 11 is 0. The van der Waals surface area contributed by atoms with Crippen LogP contribution in [0.1, 0.15) is 12.8 Å². The summed E-state index contributed by atoms with van der Waals surface area (Å²) in [7, 11) is 0.571. The third-order valence-electron chi connectivity index (χ3n) is 5.99. The van der Waals surface area contributed by atoms with E-state index < -0.39 is 10.1 Å². The molecular weight excluding hydrogens is 470 g/mol. The van der Waals surface area contributed by atoms with E-state index in [1.807, 2.05) is 43.3 Å². The van der Waals surface area contributed by atoms with Crippen molar-refractivity contribution in [2.45, 2.75) is 31.0 Å². The fraction of sp³-hybridized carbons (Fsp3) is 0.542. The lowest BCUT2D eigenvalue weighted by Crippen LogP contribution is -2.30. The Labute approximate surface area is 207 Å². The van der Waals surface area contributed by atoms with E-state index in [4.69, 9.17) is 18.9 Å². The van der Waals surface area contributed by atoms with Gasteiger partial charge in [-0.15, -0.1) is 0 Å². The highest BCUT2D eigenvalue weighted by Crippen LogP contribution is 2.22. The molecule has 2 aromatic heterocycles. The molecule has 2 saturated heterocycles. The molecule has 2 fully saturated rings. The normalized spacial score (nSPS) is 24.9. The molecule has 35 heavy (non-hydrogen) atoms. The monoisotopic (exact) mass is 503 g/mol. The highest BCUT2D eigenvalue weighted by Gasteiger charge is 2.33. The third-order valence-corrected chi connectivity index (χ3v) is 6.61. The van der Waals surface area contributed by atoms with Gasteiger partial charge in [-0.3, -0.25) is 24.0 Å². The predicted octanol–water partition coefficient (Wildman–Crippen LogP) is 1.81. The van der Waals surface area contributed by atoms with Gasteiger partial charge >= 0.3 is 0 Å². The first-order valence-electron chi connectivity index (χ1n) is 11.5.